The predicted octanol–water partition coefficient (Wildman–Crippen LogP) is 6.65. The van der Waals surface area contributed by atoms with Gasteiger partial charge in [0.1, 0.15) is 0 Å². The van der Waals surface area contributed by atoms with E-state index in [0.29, 0.717) is 30.6 Å². The summed E-state index contributed by atoms with van der Waals surface area (Å²) in [6, 6.07) is 12.3. The summed E-state index contributed by atoms with van der Waals surface area (Å²) in [5.74, 6) is 0.276. The third kappa shape index (κ3) is 5.72. The second kappa shape index (κ2) is 10.2. The van der Waals surface area contributed by atoms with E-state index in [4.69, 9.17) is 0 Å². The average molecular weight is 482 g/mol. The average Bonchev–Trinajstić information content (AvgIpc) is 2.83. The van der Waals surface area contributed by atoms with Crippen LogP contribution >= 0.6 is 0 Å². The second-order valence-corrected chi connectivity index (χ2v) is 9.50. The van der Waals surface area contributed by atoms with Crippen molar-refractivity contribution in [1.29, 1.82) is 0 Å². The van der Waals surface area contributed by atoms with Gasteiger partial charge in [-0.1, -0.05) is 30.7 Å². The molecule has 0 bridgehead atoms. The Balaban J connectivity index is 1.58. The zero-order valence-electron chi connectivity index (χ0n) is 20.3. The molecule has 1 saturated heterocycles. The van der Waals surface area contributed by atoms with E-state index in [-0.39, 0.29) is 17.9 Å². The van der Waals surface area contributed by atoms with Crippen LogP contribution in [0.15, 0.2) is 54.9 Å². The minimum Gasteiger partial charge on any atom is -0.335 e. The highest BCUT2D eigenvalue weighted by molar-refractivity contribution is 6.01. The van der Waals surface area contributed by atoms with Crippen LogP contribution in [-0.4, -0.2) is 33.4 Å². The molecule has 1 fully saturated rings. The van der Waals surface area contributed by atoms with Gasteiger partial charge in [-0.15, -0.1) is 0 Å². The summed E-state index contributed by atoms with van der Waals surface area (Å²) < 4.78 is 38.6. The quantitative estimate of drug-likeness (QED) is 0.410. The van der Waals surface area contributed by atoms with Gasteiger partial charge in [0.25, 0.3) is 5.91 Å². The van der Waals surface area contributed by atoms with Crippen LogP contribution in [0, 0.1) is 19.8 Å². The number of benzene rings is 1. The molecule has 1 aliphatic rings. The summed E-state index contributed by atoms with van der Waals surface area (Å²) in [6.45, 7) is 6.70. The summed E-state index contributed by atoms with van der Waals surface area (Å²) in [4.78, 5) is 24.3. The number of likely N-dealkylation sites (tertiary alicyclic amines) is 1. The zero-order chi connectivity index (χ0) is 25.2. The molecular formula is C28H30F3N3O. The van der Waals surface area contributed by atoms with Crippen molar-refractivity contribution in [2.75, 3.05) is 6.54 Å². The molecule has 3 aromatic rings. The van der Waals surface area contributed by atoms with Crippen LogP contribution < -0.4 is 0 Å². The minimum absolute atomic E-state index is 0.00940. The molecule has 0 unspecified atom stereocenters. The van der Waals surface area contributed by atoms with E-state index in [1.165, 1.54) is 6.07 Å². The molecule has 184 valence electrons. The maximum Gasteiger partial charge on any atom is 0.417 e. The van der Waals surface area contributed by atoms with E-state index in [1.807, 2.05) is 49.1 Å². The van der Waals surface area contributed by atoms with Crippen molar-refractivity contribution in [3.8, 4) is 11.1 Å². The number of carbonyl (C=O) groups excluding carboxylic acids is 1. The van der Waals surface area contributed by atoms with E-state index in [0.717, 1.165) is 47.5 Å². The fraction of sp³-hybridized carbons (Fsp3) is 0.393. The highest BCUT2D eigenvalue weighted by Gasteiger charge is 2.34. The number of rotatable bonds is 5. The Labute approximate surface area is 204 Å². The van der Waals surface area contributed by atoms with Gasteiger partial charge < -0.3 is 4.90 Å². The first-order valence-electron chi connectivity index (χ1n) is 12.0. The number of piperidine rings is 1. The molecule has 0 saturated carbocycles. The molecule has 2 atom stereocenters. The number of carbonyl (C=O) groups is 1. The predicted molar refractivity (Wildman–Crippen MR) is 130 cm³/mol. The maximum absolute atomic E-state index is 13.9. The number of nitrogens with zero attached hydrogens (tertiary/aromatic N) is 3. The van der Waals surface area contributed by atoms with Gasteiger partial charge in [-0.3, -0.25) is 14.8 Å². The van der Waals surface area contributed by atoms with Crippen molar-refractivity contribution in [3.63, 3.8) is 0 Å². The fourth-order valence-corrected chi connectivity index (χ4v) is 4.85. The maximum atomic E-state index is 13.9. The van der Waals surface area contributed by atoms with Crippen LogP contribution in [0.4, 0.5) is 13.2 Å². The first kappa shape index (κ1) is 24.9. The molecule has 2 aromatic heterocycles. The standard InChI is InChI=1S/C28H30F3N3O/c1-18-6-12-24(21-8-7-20(3)32-16-21)25(15-18)27(35)34-14-4-5-19(2)26(34)13-11-23-10-9-22(17-33-23)28(29,30)31/h6-10,12,15-17,19,26H,4-5,11,13-14H2,1-3H3/t19-,26-/m1/s1. The summed E-state index contributed by atoms with van der Waals surface area (Å²) >= 11 is 0. The lowest BCUT2D eigenvalue weighted by atomic mass is 9.86. The van der Waals surface area contributed by atoms with Crippen LogP contribution in [0.3, 0.4) is 0 Å². The molecule has 0 aliphatic carbocycles. The fourth-order valence-electron chi connectivity index (χ4n) is 4.85. The van der Waals surface area contributed by atoms with Crippen molar-refractivity contribution in [2.24, 2.45) is 5.92 Å². The molecule has 7 heteroatoms. The Bertz CT molecular complexity index is 1170. The van der Waals surface area contributed by atoms with Gasteiger partial charge in [-0.25, -0.2) is 0 Å². The minimum atomic E-state index is -4.40. The van der Waals surface area contributed by atoms with Gasteiger partial charge in [0.15, 0.2) is 0 Å². The number of aromatic nitrogens is 2. The molecular weight excluding hydrogens is 451 g/mol. The third-order valence-electron chi connectivity index (χ3n) is 6.85. The lowest BCUT2D eigenvalue weighted by molar-refractivity contribution is -0.137. The van der Waals surface area contributed by atoms with Gasteiger partial charge in [0.05, 0.1) is 5.56 Å². The van der Waals surface area contributed by atoms with E-state index in [2.05, 4.69) is 16.9 Å². The monoisotopic (exact) mass is 481 g/mol. The van der Waals surface area contributed by atoms with Gasteiger partial charge in [-0.2, -0.15) is 13.2 Å². The number of amides is 1. The first-order chi connectivity index (χ1) is 16.6. The molecule has 0 radical (unpaired) electrons. The van der Waals surface area contributed by atoms with Gasteiger partial charge in [0.2, 0.25) is 0 Å². The highest BCUT2D eigenvalue weighted by atomic mass is 19.4. The van der Waals surface area contributed by atoms with Crippen LogP contribution in [0.2, 0.25) is 0 Å². The lowest BCUT2D eigenvalue weighted by Gasteiger charge is -2.40. The number of alkyl halides is 3. The molecule has 4 rings (SSSR count). The van der Waals surface area contributed by atoms with Crippen molar-refractivity contribution in [1.82, 2.24) is 14.9 Å². The van der Waals surface area contributed by atoms with E-state index in [1.54, 1.807) is 6.20 Å². The van der Waals surface area contributed by atoms with Crippen molar-refractivity contribution in [3.05, 3.63) is 82.9 Å². The molecule has 1 aliphatic heterocycles. The van der Waals surface area contributed by atoms with Crippen molar-refractivity contribution < 1.29 is 18.0 Å². The lowest BCUT2D eigenvalue weighted by Crippen LogP contribution is -2.48. The smallest absolute Gasteiger partial charge is 0.335 e. The number of hydrogen-bond acceptors (Lipinski definition) is 3. The van der Waals surface area contributed by atoms with E-state index in [9.17, 15) is 18.0 Å². The van der Waals surface area contributed by atoms with Crippen LogP contribution in [0.1, 0.15) is 59.1 Å². The highest BCUT2D eigenvalue weighted by Crippen LogP contribution is 2.32. The summed E-state index contributed by atoms with van der Waals surface area (Å²) in [5.41, 5.74) is 4.18. The molecule has 4 nitrogen and oxygen atoms in total. The summed E-state index contributed by atoms with van der Waals surface area (Å²) in [5, 5.41) is 0. The largest absolute Gasteiger partial charge is 0.417 e. The zero-order valence-corrected chi connectivity index (χ0v) is 20.3. The third-order valence-corrected chi connectivity index (χ3v) is 6.85. The normalized spacial score (nSPS) is 18.5. The Morgan fingerprint density at radius 1 is 1.06 bits per heavy atom. The second-order valence-electron chi connectivity index (χ2n) is 9.50. The first-order valence-corrected chi connectivity index (χ1v) is 12.0. The Kier molecular flexibility index (Phi) is 7.24. The molecule has 3 heterocycles. The Morgan fingerprint density at radius 3 is 2.51 bits per heavy atom. The van der Waals surface area contributed by atoms with Gasteiger partial charge in [-0.05, 0) is 75.3 Å². The van der Waals surface area contributed by atoms with Crippen molar-refractivity contribution in [2.45, 2.75) is 58.7 Å². The molecule has 0 N–H and O–H groups in total. The molecule has 35 heavy (non-hydrogen) atoms. The van der Waals surface area contributed by atoms with Crippen LogP contribution in [0.5, 0.6) is 0 Å². The topological polar surface area (TPSA) is 46.1 Å². The SMILES string of the molecule is Cc1ccc(-c2ccc(C)nc2)c(C(=O)N2CCC[C@@H](C)[C@H]2CCc2ccc(C(F)(F)F)cn2)c1. The molecule has 0 spiro atoms. The molecule has 1 aromatic carbocycles. The Hall–Kier alpha value is -3.22. The van der Waals surface area contributed by atoms with E-state index < -0.39 is 11.7 Å². The van der Waals surface area contributed by atoms with Crippen LogP contribution in [0.25, 0.3) is 11.1 Å². The van der Waals surface area contributed by atoms with Crippen molar-refractivity contribution >= 4 is 5.91 Å². The number of hydrogen-bond donors (Lipinski definition) is 0. The Morgan fingerprint density at radius 2 is 1.86 bits per heavy atom. The van der Waals surface area contributed by atoms with Crippen LogP contribution in [-0.2, 0) is 12.6 Å². The van der Waals surface area contributed by atoms with Gasteiger partial charge in [0, 0.05) is 47.5 Å². The summed E-state index contributed by atoms with van der Waals surface area (Å²) in [6.07, 6.45) is 1.39. The number of aryl methyl sites for hydroxylation is 3. The van der Waals surface area contributed by atoms with Gasteiger partial charge >= 0.3 is 6.18 Å². The molecule has 1 amide bonds. The number of pyridine rings is 2. The number of halogens is 3. The van der Waals surface area contributed by atoms with E-state index >= 15 is 0 Å². The summed E-state index contributed by atoms with van der Waals surface area (Å²) in [7, 11) is 0.